The summed E-state index contributed by atoms with van der Waals surface area (Å²) in [6, 6.07) is 14.5. The number of para-hydroxylation sites is 2. The predicted molar refractivity (Wildman–Crippen MR) is 164 cm³/mol. The van der Waals surface area contributed by atoms with Gasteiger partial charge in [0.1, 0.15) is 11.5 Å². The molecule has 0 radical (unpaired) electrons. The fraction of sp³-hybridized carbons (Fsp3) is 0.562. The van der Waals surface area contributed by atoms with Crippen LogP contribution in [0, 0.1) is 10.4 Å². The van der Waals surface area contributed by atoms with Gasteiger partial charge in [-0.1, -0.05) is 24.3 Å². The van der Waals surface area contributed by atoms with Crippen molar-refractivity contribution in [2.45, 2.75) is 115 Å². The molecule has 9 heteroatoms. The maximum atomic E-state index is 12.3. The van der Waals surface area contributed by atoms with Crippen LogP contribution in [-0.2, 0) is 19.5 Å². The molecule has 2 N–H and O–H groups in total. The third-order valence-electron chi connectivity index (χ3n) is 7.86. The van der Waals surface area contributed by atoms with Crippen LogP contribution < -0.4 is 0 Å². The SMILES string of the molecule is CC1(C)CC(N=Cc2ccccc2O)CC(C)(C)N1[O-].CC1(C)CC(N=Cc2ccccc2O)CC(C)(C)N1[O-].[Zn]. The van der Waals surface area contributed by atoms with Gasteiger partial charge in [-0.05, 0) is 105 Å². The zero-order valence-corrected chi connectivity index (χ0v) is 28.9. The van der Waals surface area contributed by atoms with Crippen LogP contribution in [0.3, 0.4) is 0 Å². The number of hydroxylamine groups is 4. The number of phenols is 2. The molecule has 0 spiro atoms. The Morgan fingerprint density at radius 3 is 1.15 bits per heavy atom. The molecule has 2 fully saturated rings. The van der Waals surface area contributed by atoms with Gasteiger partial charge in [-0.3, -0.25) is 9.98 Å². The zero-order chi connectivity index (χ0) is 29.9. The van der Waals surface area contributed by atoms with E-state index in [1.165, 1.54) is 10.1 Å². The summed E-state index contributed by atoms with van der Waals surface area (Å²) in [5.41, 5.74) is -0.226. The van der Waals surface area contributed by atoms with E-state index in [1.54, 1.807) is 36.7 Å². The summed E-state index contributed by atoms with van der Waals surface area (Å²) >= 11 is 0. The molecule has 0 unspecified atom stereocenters. The first-order valence-corrected chi connectivity index (χ1v) is 14.0. The molecule has 2 aromatic rings. The van der Waals surface area contributed by atoms with Crippen molar-refractivity contribution in [3.05, 3.63) is 70.1 Å². The quantitative estimate of drug-likeness (QED) is 0.293. The minimum Gasteiger partial charge on any atom is -0.784 e. The minimum absolute atomic E-state index is 0. The number of hydrogen-bond donors (Lipinski definition) is 2. The van der Waals surface area contributed by atoms with Crippen LogP contribution in [0.25, 0.3) is 0 Å². The summed E-state index contributed by atoms with van der Waals surface area (Å²) in [4.78, 5) is 9.18. The standard InChI is InChI=1S/2C16H23N2O2.Zn/c2*1-15(2)9-13(10-16(3,4)18(15)20)17-11-12-7-5-6-8-14(12)19;/h2*5-8,11,13,19H,9-10H2,1-4H3;/q2*-1;. The smallest absolute Gasteiger partial charge is 0.124 e. The van der Waals surface area contributed by atoms with Crippen LogP contribution in [-0.4, -0.2) is 67.0 Å². The van der Waals surface area contributed by atoms with Gasteiger partial charge in [0.15, 0.2) is 0 Å². The van der Waals surface area contributed by atoms with Crippen molar-refractivity contribution in [3.8, 4) is 11.5 Å². The van der Waals surface area contributed by atoms with Crippen molar-refractivity contribution in [2.24, 2.45) is 9.98 Å². The molecule has 0 saturated carbocycles. The molecule has 2 heterocycles. The Morgan fingerprint density at radius 1 is 0.610 bits per heavy atom. The Hall–Kier alpha value is -2.16. The average Bonchev–Trinajstić information content (AvgIpc) is 2.85. The third kappa shape index (κ3) is 8.92. The van der Waals surface area contributed by atoms with Gasteiger partial charge in [0.2, 0.25) is 0 Å². The molecule has 0 bridgehead atoms. The zero-order valence-electron chi connectivity index (χ0n) is 26.0. The second kappa shape index (κ2) is 13.4. The predicted octanol–water partition coefficient (Wildman–Crippen LogP) is 6.66. The van der Waals surface area contributed by atoms with E-state index in [4.69, 9.17) is 0 Å². The van der Waals surface area contributed by atoms with Crippen molar-refractivity contribution >= 4 is 12.4 Å². The molecule has 41 heavy (non-hydrogen) atoms. The Bertz CT molecular complexity index is 1080. The van der Waals surface area contributed by atoms with E-state index in [-0.39, 0.29) is 43.1 Å². The number of aromatic hydroxyl groups is 2. The molecule has 0 atom stereocenters. The molecule has 2 aromatic carbocycles. The molecule has 4 rings (SSSR count). The first-order chi connectivity index (χ1) is 18.4. The van der Waals surface area contributed by atoms with E-state index in [9.17, 15) is 20.6 Å². The largest absolute Gasteiger partial charge is 0.784 e. The van der Waals surface area contributed by atoms with Gasteiger partial charge in [0, 0.05) is 65.2 Å². The average molecular weight is 616 g/mol. The Balaban J connectivity index is 0.000000280. The summed E-state index contributed by atoms with van der Waals surface area (Å²) in [7, 11) is 0. The second-order valence-corrected chi connectivity index (χ2v) is 13.6. The van der Waals surface area contributed by atoms with Gasteiger partial charge in [-0.25, -0.2) is 0 Å². The first kappa shape index (κ1) is 35.0. The second-order valence-electron chi connectivity index (χ2n) is 13.6. The molecule has 222 valence electrons. The van der Waals surface area contributed by atoms with Crippen LogP contribution in [0.2, 0.25) is 0 Å². The van der Waals surface area contributed by atoms with Crippen LogP contribution >= 0.6 is 0 Å². The number of aliphatic imine (C=N–C) groups is 2. The fourth-order valence-electron chi connectivity index (χ4n) is 6.20. The number of rotatable bonds is 4. The number of hydrogen-bond acceptors (Lipinski definition) is 8. The van der Waals surface area contributed by atoms with Crippen molar-refractivity contribution in [3.63, 3.8) is 0 Å². The van der Waals surface area contributed by atoms with Crippen LogP contribution in [0.15, 0.2) is 58.5 Å². The van der Waals surface area contributed by atoms with Crippen LogP contribution in [0.1, 0.15) is 92.2 Å². The van der Waals surface area contributed by atoms with E-state index >= 15 is 0 Å². The van der Waals surface area contributed by atoms with Crippen molar-refractivity contribution in [2.75, 3.05) is 0 Å². The van der Waals surface area contributed by atoms with Gasteiger partial charge >= 0.3 is 0 Å². The van der Waals surface area contributed by atoms with Gasteiger partial charge in [-0.2, -0.15) is 0 Å². The minimum atomic E-state index is -0.414. The van der Waals surface area contributed by atoms with E-state index in [0.717, 1.165) is 25.7 Å². The normalized spacial score (nSPS) is 22.7. The number of nitrogens with zero attached hydrogens (tertiary/aromatic N) is 4. The molecular formula is C32H46N4O4Zn-2. The third-order valence-corrected chi connectivity index (χ3v) is 7.86. The Labute approximate surface area is 258 Å². The maximum Gasteiger partial charge on any atom is 0.124 e. The molecule has 2 saturated heterocycles. The molecule has 8 nitrogen and oxygen atoms in total. The van der Waals surface area contributed by atoms with Gasteiger partial charge in [0.05, 0.1) is 12.1 Å². The Kier molecular flexibility index (Phi) is 11.5. The van der Waals surface area contributed by atoms with Crippen LogP contribution in [0.5, 0.6) is 11.5 Å². The van der Waals surface area contributed by atoms with E-state index < -0.39 is 22.2 Å². The van der Waals surface area contributed by atoms with Crippen molar-refractivity contribution in [1.82, 2.24) is 10.1 Å². The summed E-state index contributed by atoms with van der Waals surface area (Å²) in [6.45, 7) is 15.7. The first-order valence-electron chi connectivity index (χ1n) is 14.0. The van der Waals surface area contributed by atoms with E-state index in [1.807, 2.05) is 79.7 Å². The molecule has 0 aliphatic carbocycles. The summed E-state index contributed by atoms with van der Waals surface area (Å²) in [5.74, 6) is 0.465. The summed E-state index contributed by atoms with van der Waals surface area (Å²) < 4.78 is 0. The van der Waals surface area contributed by atoms with Gasteiger partial charge in [0.25, 0.3) is 0 Å². The molecule has 0 amide bonds. The summed E-state index contributed by atoms with van der Waals surface area (Å²) in [6.07, 6.45) is 6.33. The molecule has 2 aliphatic rings. The van der Waals surface area contributed by atoms with Crippen molar-refractivity contribution in [1.29, 1.82) is 0 Å². The molecule has 2 aliphatic heterocycles. The molecule has 0 aromatic heterocycles. The van der Waals surface area contributed by atoms with E-state index in [0.29, 0.717) is 11.1 Å². The maximum absolute atomic E-state index is 12.3. The fourth-order valence-corrected chi connectivity index (χ4v) is 6.20. The number of piperidine rings is 2. The number of benzene rings is 2. The van der Waals surface area contributed by atoms with Crippen LogP contribution in [0.4, 0.5) is 0 Å². The van der Waals surface area contributed by atoms with E-state index in [2.05, 4.69) is 9.98 Å². The monoisotopic (exact) mass is 614 g/mol. The Morgan fingerprint density at radius 2 is 0.878 bits per heavy atom. The topological polar surface area (TPSA) is 118 Å². The van der Waals surface area contributed by atoms with Gasteiger partial charge in [-0.15, -0.1) is 0 Å². The molecular weight excluding hydrogens is 570 g/mol. The number of phenolic OH excluding ortho intramolecular Hbond substituents is 2. The van der Waals surface area contributed by atoms with Crippen molar-refractivity contribution < 1.29 is 29.7 Å². The van der Waals surface area contributed by atoms with Gasteiger partial charge < -0.3 is 30.8 Å². The summed E-state index contributed by atoms with van der Waals surface area (Å²) in [5, 5.41) is 46.4.